The molecule has 1 aromatic rings. The van der Waals surface area contributed by atoms with Crippen molar-refractivity contribution in [2.24, 2.45) is 11.7 Å². The van der Waals surface area contributed by atoms with Crippen LogP contribution in [-0.4, -0.2) is 34.4 Å². The number of carbonyl (C=O) groups excluding carboxylic acids is 1. The molecule has 0 unspecified atom stereocenters. The van der Waals surface area contributed by atoms with Crippen molar-refractivity contribution in [2.45, 2.75) is 45.4 Å². The molecule has 2 rings (SSSR count). The van der Waals surface area contributed by atoms with Crippen molar-refractivity contribution in [3.8, 4) is 0 Å². The third kappa shape index (κ3) is 4.47. The van der Waals surface area contributed by atoms with E-state index in [0.29, 0.717) is 18.2 Å². The Morgan fingerprint density at radius 1 is 1.60 bits per heavy atom. The SMILES string of the molecule is CC(C)Cn1cc(NC(=O)[C@@H]2CC[C@H](CN)O2)cn1.Cl. The van der Waals surface area contributed by atoms with Crippen molar-refractivity contribution in [2.75, 3.05) is 11.9 Å². The number of nitrogens with two attached hydrogens (primary N) is 1. The molecule has 1 aromatic heterocycles. The molecule has 0 aromatic carbocycles. The van der Waals surface area contributed by atoms with Crippen LogP contribution in [0.25, 0.3) is 0 Å². The fraction of sp³-hybridized carbons (Fsp3) is 0.692. The van der Waals surface area contributed by atoms with E-state index in [1.165, 1.54) is 0 Å². The zero-order valence-corrected chi connectivity index (χ0v) is 12.7. The van der Waals surface area contributed by atoms with Gasteiger partial charge in [0.1, 0.15) is 6.10 Å². The number of amides is 1. The number of hydrogen-bond acceptors (Lipinski definition) is 4. The first kappa shape index (κ1) is 16.9. The number of nitrogens with zero attached hydrogens (tertiary/aromatic N) is 2. The summed E-state index contributed by atoms with van der Waals surface area (Å²) in [6.45, 7) is 5.56. The highest BCUT2D eigenvalue weighted by Gasteiger charge is 2.29. The smallest absolute Gasteiger partial charge is 0.253 e. The van der Waals surface area contributed by atoms with Crippen LogP contribution in [0.3, 0.4) is 0 Å². The van der Waals surface area contributed by atoms with E-state index >= 15 is 0 Å². The van der Waals surface area contributed by atoms with Gasteiger partial charge in [-0.15, -0.1) is 12.4 Å². The predicted octanol–water partition coefficient (Wildman–Crippen LogP) is 1.41. The summed E-state index contributed by atoms with van der Waals surface area (Å²) in [6, 6.07) is 0. The normalized spacial score (nSPS) is 21.8. The van der Waals surface area contributed by atoms with E-state index in [1.54, 1.807) is 6.20 Å². The van der Waals surface area contributed by atoms with Crippen molar-refractivity contribution in [1.29, 1.82) is 0 Å². The summed E-state index contributed by atoms with van der Waals surface area (Å²) in [4.78, 5) is 12.0. The maximum Gasteiger partial charge on any atom is 0.253 e. The molecule has 1 aliphatic rings. The summed E-state index contributed by atoms with van der Waals surface area (Å²) in [7, 11) is 0. The Bertz CT molecular complexity index is 436. The van der Waals surface area contributed by atoms with Crippen molar-refractivity contribution in [3.05, 3.63) is 12.4 Å². The molecular formula is C13H23ClN4O2. The van der Waals surface area contributed by atoms with Gasteiger partial charge in [-0.2, -0.15) is 5.10 Å². The second-order valence-electron chi connectivity index (χ2n) is 5.39. The number of ether oxygens (including phenoxy) is 1. The molecule has 20 heavy (non-hydrogen) atoms. The van der Waals surface area contributed by atoms with Crippen LogP contribution in [0, 0.1) is 5.92 Å². The number of carbonyl (C=O) groups is 1. The van der Waals surface area contributed by atoms with E-state index in [4.69, 9.17) is 10.5 Å². The summed E-state index contributed by atoms with van der Waals surface area (Å²) < 4.78 is 7.38. The third-order valence-corrected chi connectivity index (χ3v) is 3.12. The van der Waals surface area contributed by atoms with E-state index in [2.05, 4.69) is 24.3 Å². The molecule has 0 radical (unpaired) electrons. The second-order valence-corrected chi connectivity index (χ2v) is 5.39. The lowest BCUT2D eigenvalue weighted by Crippen LogP contribution is -2.29. The average molecular weight is 303 g/mol. The van der Waals surface area contributed by atoms with Gasteiger partial charge in [0.2, 0.25) is 0 Å². The first-order valence-electron chi connectivity index (χ1n) is 6.77. The van der Waals surface area contributed by atoms with Gasteiger partial charge < -0.3 is 15.8 Å². The van der Waals surface area contributed by atoms with Gasteiger partial charge in [0.15, 0.2) is 0 Å². The van der Waals surface area contributed by atoms with Crippen LogP contribution in [0.2, 0.25) is 0 Å². The van der Waals surface area contributed by atoms with E-state index in [1.807, 2.05) is 10.9 Å². The minimum Gasteiger partial charge on any atom is -0.364 e. The van der Waals surface area contributed by atoms with Gasteiger partial charge in [-0.25, -0.2) is 0 Å². The summed E-state index contributed by atoms with van der Waals surface area (Å²) in [5.74, 6) is 0.409. The summed E-state index contributed by atoms with van der Waals surface area (Å²) in [5.41, 5.74) is 6.24. The van der Waals surface area contributed by atoms with Crippen molar-refractivity contribution < 1.29 is 9.53 Å². The van der Waals surface area contributed by atoms with Crippen LogP contribution in [-0.2, 0) is 16.1 Å². The van der Waals surface area contributed by atoms with Crippen LogP contribution in [0.15, 0.2) is 12.4 Å². The van der Waals surface area contributed by atoms with Gasteiger partial charge in [-0.3, -0.25) is 9.48 Å². The third-order valence-electron chi connectivity index (χ3n) is 3.12. The molecule has 6 nitrogen and oxygen atoms in total. The highest BCUT2D eigenvalue weighted by molar-refractivity contribution is 5.94. The number of nitrogens with one attached hydrogen (secondary N) is 1. The van der Waals surface area contributed by atoms with Gasteiger partial charge in [0, 0.05) is 19.3 Å². The molecule has 2 heterocycles. The maximum absolute atomic E-state index is 12.0. The Morgan fingerprint density at radius 3 is 2.95 bits per heavy atom. The lowest BCUT2D eigenvalue weighted by molar-refractivity contribution is -0.126. The van der Waals surface area contributed by atoms with E-state index in [-0.39, 0.29) is 30.5 Å². The van der Waals surface area contributed by atoms with Gasteiger partial charge in [0.25, 0.3) is 5.91 Å². The van der Waals surface area contributed by atoms with E-state index < -0.39 is 0 Å². The van der Waals surface area contributed by atoms with Crippen molar-refractivity contribution in [1.82, 2.24) is 9.78 Å². The highest BCUT2D eigenvalue weighted by atomic mass is 35.5. The molecule has 7 heteroatoms. The molecule has 2 atom stereocenters. The molecular weight excluding hydrogens is 280 g/mol. The van der Waals surface area contributed by atoms with Crippen LogP contribution in [0.4, 0.5) is 5.69 Å². The Balaban J connectivity index is 0.00000200. The molecule has 1 amide bonds. The molecule has 1 aliphatic heterocycles. The summed E-state index contributed by atoms with van der Waals surface area (Å²) in [6.07, 6.45) is 4.71. The van der Waals surface area contributed by atoms with Crippen LogP contribution in [0.1, 0.15) is 26.7 Å². The Labute approximate surface area is 125 Å². The molecule has 3 N–H and O–H groups in total. The van der Waals surface area contributed by atoms with Crippen molar-refractivity contribution >= 4 is 24.0 Å². The van der Waals surface area contributed by atoms with Crippen molar-refractivity contribution in [3.63, 3.8) is 0 Å². The molecule has 1 saturated heterocycles. The standard InChI is InChI=1S/C13H22N4O2.ClH/c1-9(2)7-17-8-10(6-15-17)16-13(18)12-4-3-11(5-14)19-12;/h6,8-9,11-12H,3-5,7,14H2,1-2H3,(H,16,18);1H/t11-,12+;/m1./s1. The first-order valence-corrected chi connectivity index (χ1v) is 6.77. The molecule has 0 aliphatic carbocycles. The maximum atomic E-state index is 12.0. The van der Waals surface area contributed by atoms with E-state index in [9.17, 15) is 4.79 Å². The monoisotopic (exact) mass is 302 g/mol. The Kier molecular flexibility index (Phi) is 6.45. The van der Waals surface area contributed by atoms with Gasteiger partial charge in [-0.1, -0.05) is 13.8 Å². The Morgan fingerprint density at radius 2 is 2.35 bits per heavy atom. The highest BCUT2D eigenvalue weighted by Crippen LogP contribution is 2.20. The molecule has 0 bridgehead atoms. The van der Waals surface area contributed by atoms with Gasteiger partial charge >= 0.3 is 0 Å². The average Bonchev–Trinajstić information content (AvgIpc) is 2.97. The number of aromatic nitrogens is 2. The zero-order valence-electron chi connectivity index (χ0n) is 11.9. The van der Waals surface area contributed by atoms with Gasteiger partial charge in [-0.05, 0) is 18.8 Å². The van der Waals surface area contributed by atoms with Crippen LogP contribution < -0.4 is 11.1 Å². The topological polar surface area (TPSA) is 82.2 Å². The fourth-order valence-electron chi connectivity index (χ4n) is 2.20. The lowest BCUT2D eigenvalue weighted by atomic mass is 10.2. The minimum atomic E-state index is -0.387. The molecule has 114 valence electrons. The summed E-state index contributed by atoms with van der Waals surface area (Å²) >= 11 is 0. The fourth-order valence-corrected chi connectivity index (χ4v) is 2.20. The number of rotatable bonds is 5. The predicted molar refractivity (Wildman–Crippen MR) is 79.9 cm³/mol. The zero-order chi connectivity index (χ0) is 13.8. The Hall–Kier alpha value is -1.11. The van der Waals surface area contributed by atoms with Crippen LogP contribution in [0.5, 0.6) is 0 Å². The number of hydrogen-bond donors (Lipinski definition) is 2. The van der Waals surface area contributed by atoms with E-state index in [0.717, 1.165) is 19.4 Å². The molecule has 0 saturated carbocycles. The summed E-state index contributed by atoms with van der Waals surface area (Å²) in [5, 5.41) is 7.04. The second kappa shape index (κ2) is 7.61. The number of halogens is 1. The quantitative estimate of drug-likeness (QED) is 0.861. The first-order chi connectivity index (χ1) is 9.08. The molecule has 1 fully saturated rings. The van der Waals surface area contributed by atoms with Crippen LogP contribution >= 0.6 is 12.4 Å². The largest absolute Gasteiger partial charge is 0.364 e. The lowest BCUT2D eigenvalue weighted by Gasteiger charge is -2.11. The minimum absolute atomic E-state index is 0. The number of anilines is 1. The van der Waals surface area contributed by atoms with Gasteiger partial charge in [0.05, 0.1) is 18.0 Å². The molecule has 0 spiro atoms.